The molecule has 0 aliphatic heterocycles. The van der Waals surface area contributed by atoms with Crippen molar-refractivity contribution in [1.29, 1.82) is 0 Å². The van der Waals surface area contributed by atoms with Gasteiger partial charge in [0.25, 0.3) is 0 Å². The summed E-state index contributed by atoms with van der Waals surface area (Å²) in [6, 6.07) is 0. The van der Waals surface area contributed by atoms with Crippen molar-refractivity contribution in [3.8, 4) is 0 Å². The first-order chi connectivity index (χ1) is 19.7. The number of amides is 2. The van der Waals surface area contributed by atoms with E-state index in [1.807, 2.05) is 26.0 Å². The minimum absolute atomic E-state index is 0.0960. The molecule has 0 aromatic rings. The summed E-state index contributed by atoms with van der Waals surface area (Å²) < 4.78 is 16.5. The van der Waals surface area contributed by atoms with Crippen molar-refractivity contribution in [3.63, 3.8) is 0 Å². The molecule has 0 radical (unpaired) electrons. The number of hydrogen-bond acceptors (Lipinski definition) is 5. The minimum atomic E-state index is -0.0960. The Hall–Kier alpha value is -2.48. The second-order valence-corrected chi connectivity index (χ2v) is 11.4. The van der Waals surface area contributed by atoms with Crippen LogP contribution in [0.3, 0.4) is 0 Å². The molecule has 1 rings (SSSR count). The minimum Gasteiger partial charge on any atom is -0.379 e. The Bertz CT molecular complexity index is 927. The monoisotopic (exact) mass is 572 g/mol. The summed E-state index contributed by atoms with van der Waals surface area (Å²) in [5, 5.41) is 5.76. The lowest BCUT2D eigenvalue weighted by atomic mass is 9.72. The molecule has 41 heavy (non-hydrogen) atoms. The lowest BCUT2D eigenvalue weighted by Gasteiger charge is -2.32. The summed E-state index contributed by atoms with van der Waals surface area (Å²) in [5.74, 6) is 0.00370. The zero-order valence-corrected chi connectivity index (χ0v) is 26.6. The molecule has 0 aromatic heterocycles. The Morgan fingerprint density at radius 3 is 2.10 bits per heavy atom. The number of allylic oxidation sites excluding steroid dienone is 9. The van der Waals surface area contributed by atoms with Crippen LogP contribution in [0.5, 0.6) is 0 Å². The van der Waals surface area contributed by atoms with Gasteiger partial charge in [-0.05, 0) is 75.9 Å². The van der Waals surface area contributed by atoms with Gasteiger partial charge in [-0.15, -0.1) is 0 Å². The van der Waals surface area contributed by atoms with E-state index < -0.39 is 0 Å². The highest BCUT2D eigenvalue weighted by atomic mass is 16.5. The first-order valence-electron chi connectivity index (χ1n) is 15.3. The molecule has 0 spiro atoms. The molecule has 0 aromatic carbocycles. The van der Waals surface area contributed by atoms with Crippen LogP contribution in [0.25, 0.3) is 0 Å². The number of ether oxygens (including phenoxy) is 3. The van der Waals surface area contributed by atoms with E-state index in [-0.39, 0.29) is 17.2 Å². The van der Waals surface area contributed by atoms with Crippen LogP contribution in [-0.2, 0) is 23.8 Å². The maximum Gasteiger partial charge on any atom is 0.244 e. The van der Waals surface area contributed by atoms with Crippen LogP contribution < -0.4 is 10.6 Å². The Balaban J connectivity index is 2.08. The molecule has 0 atom stereocenters. The van der Waals surface area contributed by atoms with Crippen molar-refractivity contribution in [2.24, 2.45) is 5.41 Å². The predicted molar refractivity (Wildman–Crippen MR) is 169 cm³/mol. The van der Waals surface area contributed by atoms with E-state index in [9.17, 15) is 9.59 Å². The van der Waals surface area contributed by atoms with Crippen LogP contribution in [0.1, 0.15) is 86.5 Å². The molecular formula is C34H56N2O5. The highest BCUT2D eigenvalue weighted by Gasteiger charge is 2.26. The molecule has 1 aliphatic rings. The SMILES string of the molecule is CCCC(=O)NCCCOCCOCCOCCCNC(=O)/C=C(C)/C=C/C=C(C)/C=C/C1=C(C)CCCC1(C)C. The van der Waals surface area contributed by atoms with Gasteiger partial charge >= 0.3 is 0 Å². The Kier molecular flexibility index (Phi) is 19.8. The van der Waals surface area contributed by atoms with Crippen LogP contribution in [0.15, 0.2) is 58.7 Å². The van der Waals surface area contributed by atoms with E-state index in [1.54, 1.807) is 6.08 Å². The third-order valence-corrected chi connectivity index (χ3v) is 6.91. The maximum absolute atomic E-state index is 12.2. The van der Waals surface area contributed by atoms with Gasteiger partial charge in [0.15, 0.2) is 0 Å². The van der Waals surface area contributed by atoms with Crippen molar-refractivity contribution in [1.82, 2.24) is 10.6 Å². The molecule has 0 saturated carbocycles. The summed E-state index contributed by atoms with van der Waals surface area (Å²) in [4.78, 5) is 23.5. The van der Waals surface area contributed by atoms with Crippen LogP contribution in [0.2, 0.25) is 0 Å². The molecule has 0 bridgehead atoms. The normalized spacial score (nSPS) is 16.1. The van der Waals surface area contributed by atoms with Crippen molar-refractivity contribution in [2.45, 2.75) is 86.5 Å². The number of carbonyl (C=O) groups is 2. The third-order valence-electron chi connectivity index (χ3n) is 6.91. The first kappa shape index (κ1) is 36.5. The molecule has 0 unspecified atom stereocenters. The van der Waals surface area contributed by atoms with Crippen molar-refractivity contribution in [3.05, 3.63) is 58.7 Å². The van der Waals surface area contributed by atoms with Gasteiger partial charge in [-0.2, -0.15) is 0 Å². The van der Waals surface area contributed by atoms with Crippen LogP contribution in [-0.4, -0.2) is 64.5 Å². The second kappa shape index (κ2) is 22.2. The van der Waals surface area contributed by atoms with Crippen LogP contribution >= 0.6 is 0 Å². The van der Waals surface area contributed by atoms with Gasteiger partial charge in [0, 0.05) is 38.8 Å². The molecule has 232 valence electrons. The fourth-order valence-electron chi connectivity index (χ4n) is 4.58. The quantitative estimate of drug-likeness (QED) is 0.0947. The number of carbonyl (C=O) groups excluding carboxylic acids is 2. The van der Waals surface area contributed by atoms with Crippen molar-refractivity contribution in [2.75, 3.05) is 52.7 Å². The van der Waals surface area contributed by atoms with Crippen LogP contribution in [0.4, 0.5) is 0 Å². The number of nitrogens with one attached hydrogen (secondary N) is 2. The zero-order valence-electron chi connectivity index (χ0n) is 26.6. The molecule has 7 heteroatoms. The van der Waals surface area contributed by atoms with E-state index in [1.165, 1.54) is 36.0 Å². The van der Waals surface area contributed by atoms with Crippen molar-refractivity contribution >= 4 is 11.8 Å². The van der Waals surface area contributed by atoms with Gasteiger partial charge in [-0.3, -0.25) is 9.59 Å². The van der Waals surface area contributed by atoms with Gasteiger partial charge in [0.1, 0.15) is 0 Å². The van der Waals surface area contributed by atoms with Gasteiger partial charge in [-0.25, -0.2) is 0 Å². The maximum atomic E-state index is 12.2. The molecule has 0 fully saturated rings. The summed E-state index contributed by atoms with van der Waals surface area (Å²) in [6.07, 6.45) is 18.8. The molecule has 0 heterocycles. The Labute approximate surface area is 249 Å². The molecule has 1 aliphatic carbocycles. The highest BCUT2D eigenvalue weighted by Crippen LogP contribution is 2.40. The van der Waals surface area contributed by atoms with E-state index in [0.29, 0.717) is 59.2 Å². The van der Waals surface area contributed by atoms with E-state index in [0.717, 1.165) is 24.8 Å². The third kappa shape index (κ3) is 18.5. The molecule has 0 saturated heterocycles. The average Bonchev–Trinajstić information content (AvgIpc) is 2.90. The highest BCUT2D eigenvalue weighted by molar-refractivity contribution is 5.88. The van der Waals surface area contributed by atoms with Crippen molar-refractivity contribution < 1.29 is 23.8 Å². The predicted octanol–water partition coefficient (Wildman–Crippen LogP) is 6.38. The molecule has 7 nitrogen and oxygen atoms in total. The number of rotatable bonds is 21. The van der Waals surface area contributed by atoms with Crippen LogP contribution in [0, 0.1) is 5.41 Å². The van der Waals surface area contributed by atoms with Gasteiger partial charge < -0.3 is 24.8 Å². The lowest BCUT2D eigenvalue weighted by molar-refractivity contribution is -0.121. The fourth-order valence-corrected chi connectivity index (χ4v) is 4.58. The van der Waals surface area contributed by atoms with Gasteiger partial charge in [0.05, 0.1) is 26.4 Å². The molecular weight excluding hydrogens is 516 g/mol. The average molecular weight is 573 g/mol. The topological polar surface area (TPSA) is 85.9 Å². The second-order valence-electron chi connectivity index (χ2n) is 11.4. The van der Waals surface area contributed by atoms with Gasteiger partial charge in [-0.1, -0.05) is 62.3 Å². The Morgan fingerprint density at radius 1 is 0.878 bits per heavy atom. The summed E-state index contributed by atoms with van der Waals surface area (Å²) in [6.45, 7) is 17.4. The summed E-state index contributed by atoms with van der Waals surface area (Å²) in [7, 11) is 0. The molecule has 2 N–H and O–H groups in total. The zero-order chi connectivity index (χ0) is 30.3. The van der Waals surface area contributed by atoms with E-state index in [4.69, 9.17) is 14.2 Å². The Morgan fingerprint density at radius 2 is 1.49 bits per heavy atom. The smallest absolute Gasteiger partial charge is 0.244 e. The largest absolute Gasteiger partial charge is 0.379 e. The van der Waals surface area contributed by atoms with E-state index in [2.05, 4.69) is 56.6 Å². The van der Waals surface area contributed by atoms with E-state index >= 15 is 0 Å². The number of hydrogen-bond donors (Lipinski definition) is 2. The summed E-state index contributed by atoms with van der Waals surface area (Å²) in [5.41, 5.74) is 5.29. The molecule has 2 amide bonds. The lowest BCUT2D eigenvalue weighted by Crippen LogP contribution is -2.24. The fraction of sp³-hybridized carbons (Fsp3) is 0.647. The standard InChI is InChI=1S/C34H56N2O5/c1-7-12-32(37)35-19-10-21-39-23-25-41-26-24-40-22-11-20-36-33(38)27-29(3)14-8-13-28(2)16-17-31-30(4)15-9-18-34(31,5)6/h8,13-14,16-17,27H,7,9-12,15,18-26H2,1-6H3,(H,35,37)(H,36,38)/b14-8+,17-16+,28-13+,29-27+. The first-order valence-corrected chi connectivity index (χ1v) is 15.3. The summed E-state index contributed by atoms with van der Waals surface area (Å²) >= 11 is 0. The van der Waals surface area contributed by atoms with Gasteiger partial charge in [0.2, 0.25) is 11.8 Å².